The van der Waals surface area contributed by atoms with Crippen LogP contribution in [0.1, 0.15) is 23.0 Å². The van der Waals surface area contributed by atoms with Crippen LogP contribution in [0.4, 0.5) is 0 Å². The molecule has 0 saturated heterocycles. The smallest absolute Gasteiger partial charge is 0.243 e. The molecule has 8 heteroatoms. The van der Waals surface area contributed by atoms with Gasteiger partial charge < -0.3 is 15.6 Å². The number of fused-ring (bicyclic) bond motifs is 1. The van der Waals surface area contributed by atoms with E-state index >= 15 is 0 Å². The first-order valence-electron chi connectivity index (χ1n) is 5.89. The number of imidazole rings is 1. The molecule has 1 unspecified atom stereocenters. The summed E-state index contributed by atoms with van der Waals surface area (Å²) in [5.74, 6) is -0.0192. The highest BCUT2D eigenvalue weighted by molar-refractivity contribution is 7.07. The lowest BCUT2D eigenvalue weighted by Crippen LogP contribution is -2.41. The molecule has 20 heavy (non-hydrogen) atoms. The first kappa shape index (κ1) is 17.0. The number of carbonyl (C=O) groups excluding carboxylic acids is 1. The van der Waals surface area contributed by atoms with E-state index in [1.807, 2.05) is 16.8 Å². The number of thiophene rings is 1. The van der Waals surface area contributed by atoms with Crippen LogP contribution in [0.5, 0.6) is 0 Å². The molecule has 3 N–H and O–H groups in total. The summed E-state index contributed by atoms with van der Waals surface area (Å²) in [6, 6.07) is 1.68. The number of nitrogens with one attached hydrogen (secondary N) is 3. The summed E-state index contributed by atoms with van der Waals surface area (Å²) in [5.41, 5.74) is 3.01. The Morgan fingerprint density at radius 1 is 1.50 bits per heavy atom. The number of nitrogens with zero attached hydrogens (tertiary/aromatic N) is 1. The molecule has 2 aromatic rings. The molecule has 1 amide bonds. The van der Waals surface area contributed by atoms with Crippen molar-refractivity contribution in [3.8, 4) is 0 Å². The van der Waals surface area contributed by atoms with Crippen LogP contribution in [-0.2, 0) is 17.8 Å². The van der Waals surface area contributed by atoms with Gasteiger partial charge in [0.15, 0.2) is 0 Å². The highest BCUT2D eigenvalue weighted by atomic mass is 35.5. The Morgan fingerprint density at radius 2 is 2.35 bits per heavy atom. The molecule has 1 aliphatic heterocycles. The lowest BCUT2D eigenvalue weighted by atomic mass is 10.1. The van der Waals surface area contributed by atoms with Crippen molar-refractivity contribution in [2.24, 2.45) is 0 Å². The van der Waals surface area contributed by atoms with Crippen molar-refractivity contribution in [2.45, 2.75) is 19.0 Å². The maximum atomic E-state index is 12.1. The van der Waals surface area contributed by atoms with Crippen molar-refractivity contribution in [3.05, 3.63) is 40.1 Å². The summed E-state index contributed by atoms with van der Waals surface area (Å²) in [4.78, 5) is 19.4. The van der Waals surface area contributed by atoms with Crippen LogP contribution in [0.15, 0.2) is 23.2 Å². The molecule has 0 aromatic carbocycles. The number of hydrogen-bond acceptors (Lipinski definition) is 4. The maximum absolute atomic E-state index is 12.1. The van der Waals surface area contributed by atoms with Gasteiger partial charge in [-0.3, -0.25) is 4.79 Å². The van der Waals surface area contributed by atoms with Crippen LogP contribution < -0.4 is 10.6 Å². The molecule has 2 aromatic heterocycles. The molecule has 110 valence electrons. The summed E-state index contributed by atoms with van der Waals surface area (Å²) in [5, 5.41) is 10.2. The fourth-order valence-corrected chi connectivity index (χ4v) is 2.79. The van der Waals surface area contributed by atoms with Gasteiger partial charge in [0.05, 0.1) is 12.0 Å². The number of H-pyrrole nitrogens is 1. The molecular formula is C12H16Cl2N4OS. The van der Waals surface area contributed by atoms with E-state index in [1.54, 1.807) is 17.7 Å². The largest absolute Gasteiger partial charge is 0.350 e. The Labute approximate surface area is 133 Å². The number of carbonyl (C=O) groups is 1. The highest BCUT2D eigenvalue weighted by Crippen LogP contribution is 2.19. The van der Waals surface area contributed by atoms with Crippen LogP contribution in [0.2, 0.25) is 0 Å². The van der Waals surface area contributed by atoms with E-state index in [1.165, 1.54) is 0 Å². The second-order valence-electron chi connectivity index (χ2n) is 4.25. The fraction of sp³-hybridized carbons (Fsp3) is 0.333. The predicted molar refractivity (Wildman–Crippen MR) is 83.7 cm³/mol. The minimum absolute atomic E-state index is 0. The number of hydrogen-bond donors (Lipinski definition) is 3. The minimum atomic E-state index is -0.335. The average Bonchev–Trinajstić information content (AvgIpc) is 3.05. The molecule has 0 bridgehead atoms. The molecular weight excluding hydrogens is 319 g/mol. The van der Waals surface area contributed by atoms with Crippen molar-refractivity contribution in [1.82, 2.24) is 20.6 Å². The van der Waals surface area contributed by atoms with Crippen LogP contribution >= 0.6 is 36.2 Å². The molecule has 1 atom stereocenters. The van der Waals surface area contributed by atoms with Gasteiger partial charge in [-0.15, -0.1) is 24.8 Å². The zero-order chi connectivity index (χ0) is 12.4. The van der Waals surface area contributed by atoms with E-state index in [9.17, 15) is 4.79 Å². The monoisotopic (exact) mass is 334 g/mol. The first-order chi connectivity index (χ1) is 8.84. The van der Waals surface area contributed by atoms with Crippen LogP contribution in [0.3, 0.4) is 0 Å². The number of amides is 1. The van der Waals surface area contributed by atoms with Crippen molar-refractivity contribution in [1.29, 1.82) is 0 Å². The van der Waals surface area contributed by atoms with Gasteiger partial charge in [-0.2, -0.15) is 11.3 Å². The van der Waals surface area contributed by atoms with Crippen molar-refractivity contribution in [3.63, 3.8) is 0 Å². The quantitative estimate of drug-likeness (QED) is 0.801. The number of rotatable bonds is 3. The molecule has 0 saturated carbocycles. The Hall–Kier alpha value is -1.08. The highest BCUT2D eigenvalue weighted by Gasteiger charge is 2.27. The summed E-state index contributed by atoms with van der Waals surface area (Å²) in [7, 11) is 0. The van der Waals surface area contributed by atoms with Gasteiger partial charge in [-0.05, 0) is 22.4 Å². The molecule has 1 aliphatic rings. The van der Waals surface area contributed by atoms with E-state index in [0.717, 1.165) is 29.9 Å². The SMILES string of the molecule is Cl.Cl.O=C(NCc1ccsc1)C1NCCc2[nH]cnc21. The number of halogens is 2. The Kier molecular flexibility index (Phi) is 6.48. The first-order valence-corrected chi connectivity index (χ1v) is 6.83. The molecule has 0 aliphatic carbocycles. The van der Waals surface area contributed by atoms with Gasteiger partial charge in [-0.1, -0.05) is 0 Å². The van der Waals surface area contributed by atoms with Crippen LogP contribution in [-0.4, -0.2) is 22.4 Å². The Bertz CT molecular complexity index is 543. The van der Waals surface area contributed by atoms with E-state index < -0.39 is 0 Å². The Balaban J connectivity index is 0.000001000. The topological polar surface area (TPSA) is 69.8 Å². The molecule has 5 nitrogen and oxygen atoms in total. The van der Waals surface area contributed by atoms with Crippen molar-refractivity contribution < 1.29 is 4.79 Å². The van der Waals surface area contributed by atoms with Gasteiger partial charge in [0.1, 0.15) is 6.04 Å². The van der Waals surface area contributed by atoms with Gasteiger partial charge >= 0.3 is 0 Å². The third-order valence-corrected chi connectivity index (χ3v) is 3.79. The summed E-state index contributed by atoms with van der Waals surface area (Å²) < 4.78 is 0. The fourth-order valence-electron chi connectivity index (χ4n) is 2.12. The summed E-state index contributed by atoms with van der Waals surface area (Å²) >= 11 is 1.63. The second kappa shape index (κ2) is 7.64. The average molecular weight is 335 g/mol. The predicted octanol–water partition coefficient (Wildman–Crippen LogP) is 1.82. The van der Waals surface area contributed by atoms with Crippen LogP contribution in [0, 0.1) is 0 Å². The number of aromatic amines is 1. The molecule has 0 spiro atoms. The van der Waals surface area contributed by atoms with E-state index in [2.05, 4.69) is 20.6 Å². The lowest BCUT2D eigenvalue weighted by Gasteiger charge is -2.22. The number of aromatic nitrogens is 2. The van der Waals surface area contributed by atoms with E-state index in [-0.39, 0.29) is 36.8 Å². The normalized spacial score (nSPS) is 16.5. The van der Waals surface area contributed by atoms with E-state index in [4.69, 9.17) is 0 Å². The summed E-state index contributed by atoms with van der Waals surface area (Å²) in [6.07, 6.45) is 2.54. The zero-order valence-electron chi connectivity index (χ0n) is 10.6. The molecule has 0 fully saturated rings. The lowest BCUT2D eigenvalue weighted by molar-refractivity contribution is -0.123. The standard InChI is InChI=1S/C12H14N4OS.2ClH/c17-12(14-5-8-2-4-18-6-8)11-10-9(1-3-13-11)15-7-16-10;;/h2,4,6-7,11,13H,1,3,5H2,(H,14,17)(H,15,16);2*1H. The minimum Gasteiger partial charge on any atom is -0.350 e. The molecule has 0 radical (unpaired) electrons. The zero-order valence-corrected chi connectivity index (χ0v) is 13.0. The second-order valence-corrected chi connectivity index (χ2v) is 5.03. The van der Waals surface area contributed by atoms with E-state index in [0.29, 0.717) is 6.54 Å². The third kappa shape index (κ3) is 3.52. The van der Waals surface area contributed by atoms with Crippen LogP contribution in [0.25, 0.3) is 0 Å². The Morgan fingerprint density at radius 3 is 3.10 bits per heavy atom. The van der Waals surface area contributed by atoms with Gasteiger partial charge in [0, 0.05) is 25.2 Å². The van der Waals surface area contributed by atoms with Gasteiger partial charge in [-0.25, -0.2) is 4.98 Å². The van der Waals surface area contributed by atoms with Gasteiger partial charge in [0.2, 0.25) is 5.91 Å². The molecule has 3 heterocycles. The van der Waals surface area contributed by atoms with Gasteiger partial charge in [0.25, 0.3) is 0 Å². The van der Waals surface area contributed by atoms with Crippen molar-refractivity contribution in [2.75, 3.05) is 6.54 Å². The summed E-state index contributed by atoms with van der Waals surface area (Å²) in [6.45, 7) is 1.37. The maximum Gasteiger partial charge on any atom is 0.243 e. The van der Waals surface area contributed by atoms with Crippen molar-refractivity contribution >= 4 is 42.1 Å². The third-order valence-electron chi connectivity index (χ3n) is 3.06. The molecule has 3 rings (SSSR count).